The first kappa shape index (κ1) is 41.6. The van der Waals surface area contributed by atoms with Crippen LogP contribution >= 0.6 is 0 Å². The number of hydrogen-bond acceptors (Lipinski definition) is 10. The molecule has 0 spiro atoms. The Kier molecular flexibility index (Phi) is 17.3. The van der Waals surface area contributed by atoms with Gasteiger partial charge in [0.2, 0.25) is 17.7 Å². The Bertz CT molecular complexity index is 1580. The first-order valence-electron chi connectivity index (χ1n) is 16.4. The molecule has 0 radical (unpaired) electrons. The molecule has 15 nitrogen and oxygen atoms in total. The molecule has 0 unspecified atom stereocenters. The second-order valence-electron chi connectivity index (χ2n) is 11.9. The minimum absolute atomic E-state index is 0.0478. The Balaban J connectivity index is 1.94. The minimum Gasteiger partial charge on any atom is -0.461 e. The molecule has 0 fully saturated rings. The normalized spacial score (nSPS) is 13.8. The molecule has 0 saturated carbocycles. The van der Waals surface area contributed by atoms with Gasteiger partial charge in [-0.2, -0.15) is 8.42 Å². The molecule has 2 rings (SSSR count). The van der Waals surface area contributed by atoms with Crippen LogP contribution in [-0.2, 0) is 55.0 Å². The smallest absolute Gasteiger partial charge is 0.305 e. The van der Waals surface area contributed by atoms with Gasteiger partial charge in [0.05, 0.1) is 5.75 Å². The molecule has 1 heterocycles. The maximum Gasteiger partial charge on any atom is 0.305 e. The number of amides is 5. The summed E-state index contributed by atoms with van der Waals surface area (Å²) in [5.41, 5.74) is 1.35. The topological polar surface area (TPSA) is 215 Å². The number of carbonyl (C=O) groups excluding carboxylic acids is 6. The third-order valence-corrected chi connectivity index (χ3v) is 8.15. The van der Waals surface area contributed by atoms with Crippen LogP contribution < -0.4 is 16.0 Å². The first-order chi connectivity index (χ1) is 23.6. The average molecular weight is 719 g/mol. The van der Waals surface area contributed by atoms with Gasteiger partial charge in [0.1, 0.15) is 25.3 Å². The van der Waals surface area contributed by atoms with Crippen molar-refractivity contribution in [2.45, 2.75) is 84.9 Å². The first-order valence-corrected chi connectivity index (χ1v) is 18.0. The van der Waals surface area contributed by atoms with E-state index in [0.717, 1.165) is 4.90 Å². The van der Waals surface area contributed by atoms with E-state index in [0.29, 0.717) is 36.1 Å². The van der Waals surface area contributed by atoms with Crippen molar-refractivity contribution in [1.29, 1.82) is 0 Å². The number of hydrogen-bond donors (Lipinski definition) is 4. The summed E-state index contributed by atoms with van der Waals surface area (Å²) < 4.78 is 41.0. The minimum atomic E-state index is -4.08. The summed E-state index contributed by atoms with van der Waals surface area (Å²) in [5.74, 6) is 2.44. The van der Waals surface area contributed by atoms with E-state index in [4.69, 9.17) is 14.0 Å². The second kappa shape index (κ2) is 20.8. The molecule has 1 aromatic rings. The Morgan fingerprint density at radius 1 is 0.960 bits per heavy atom. The van der Waals surface area contributed by atoms with E-state index in [2.05, 4.69) is 27.8 Å². The molecule has 5 amide bonds. The van der Waals surface area contributed by atoms with Gasteiger partial charge in [-0.15, -0.1) is 0 Å². The SMILES string of the molecule is CCC(=O)OCc1ccc(NC(=O)[C@H](C)NC(=O)[C@@H](NC(=O)CCCCCN2C(=O)C=CC2=O)C(C)C)cc1C#CCOCCCS(=O)(=O)O. The van der Waals surface area contributed by atoms with Crippen molar-refractivity contribution < 1.29 is 51.2 Å². The highest BCUT2D eigenvalue weighted by Gasteiger charge is 2.27. The molecule has 1 aliphatic heterocycles. The molecule has 16 heteroatoms. The van der Waals surface area contributed by atoms with Crippen LogP contribution in [0.1, 0.15) is 77.3 Å². The molecular weight excluding hydrogens is 672 g/mol. The summed E-state index contributed by atoms with van der Waals surface area (Å²) in [6, 6.07) is 2.91. The van der Waals surface area contributed by atoms with E-state index in [1.165, 1.54) is 19.1 Å². The quantitative estimate of drug-likeness (QED) is 0.0502. The third-order valence-electron chi connectivity index (χ3n) is 7.35. The number of benzene rings is 1. The highest BCUT2D eigenvalue weighted by molar-refractivity contribution is 7.85. The van der Waals surface area contributed by atoms with Crippen molar-refractivity contribution >= 4 is 51.3 Å². The van der Waals surface area contributed by atoms with E-state index in [1.807, 2.05) is 0 Å². The van der Waals surface area contributed by atoms with Crippen LogP contribution in [0.2, 0.25) is 0 Å². The number of rotatable bonds is 20. The van der Waals surface area contributed by atoms with Gasteiger partial charge in [0.15, 0.2) is 0 Å². The van der Waals surface area contributed by atoms with Gasteiger partial charge in [-0.3, -0.25) is 38.2 Å². The zero-order valence-corrected chi connectivity index (χ0v) is 29.6. The fourth-order valence-corrected chi connectivity index (χ4v) is 5.02. The van der Waals surface area contributed by atoms with Crippen molar-refractivity contribution in [1.82, 2.24) is 15.5 Å². The number of carbonyl (C=O) groups is 6. The van der Waals surface area contributed by atoms with Gasteiger partial charge in [0, 0.05) is 55.0 Å². The van der Waals surface area contributed by atoms with Crippen LogP contribution in [0.5, 0.6) is 0 Å². The summed E-state index contributed by atoms with van der Waals surface area (Å²) in [6.07, 6.45) is 4.51. The van der Waals surface area contributed by atoms with Crippen LogP contribution in [0.4, 0.5) is 5.69 Å². The lowest BCUT2D eigenvalue weighted by Gasteiger charge is -2.24. The maximum absolute atomic E-state index is 13.1. The highest BCUT2D eigenvalue weighted by Crippen LogP contribution is 2.17. The number of ether oxygens (including phenoxy) is 2. The molecule has 0 aromatic heterocycles. The number of nitrogens with zero attached hydrogens (tertiary/aromatic N) is 1. The summed E-state index contributed by atoms with van der Waals surface area (Å²) in [7, 11) is -4.08. The number of imide groups is 1. The summed E-state index contributed by atoms with van der Waals surface area (Å²) in [5, 5.41) is 8.08. The lowest BCUT2D eigenvalue weighted by molar-refractivity contribution is -0.144. The van der Waals surface area contributed by atoms with Crippen molar-refractivity contribution in [3.05, 3.63) is 41.5 Å². The lowest BCUT2D eigenvalue weighted by atomic mass is 10.0. The summed E-state index contributed by atoms with van der Waals surface area (Å²) in [6.45, 7) is 6.90. The number of esters is 1. The molecule has 0 bridgehead atoms. The van der Waals surface area contributed by atoms with Gasteiger partial charge in [-0.05, 0) is 44.2 Å². The van der Waals surface area contributed by atoms with E-state index >= 15 is 0 Å². The fraction of sp³-hybridized carbons (Fsp3) is 0.529. The van der Waals surface area contributed by atoms with Crippen LogP contribution in [0.25, 0.3) is 0 Å². The predicted octanol–water partition coefficient (Wildman–Crippen LogP) is 1.86. The predicted molar refractivity (Wildman–Crippen MR) is 183 cm³/mol. The summed E-state index contributed by atoms with van der Waals surface area (Å²) >= 11 is 0. The van der Waals surface area contributed by atoms with Gasteiger partial charge in [-0.1, -0.05) is 45.1 Å². The maximum atomic E-state index is 13.1. The molecule has 0 aliphatic carbocycles. The monoisotopic (exact) mass is 718 g/mol. The van der Waals surface area contributed by atoms with E-state index < -0.39 is 45.7 Å². The summed E-state index contributed by atoms with van der Waals surface area (Å²) in [4.78, 5) is 74.8. The molecular formula is C34H46N4O11S. The second-order valence-corrected chi connectivity index (χ2v) is 13.4. The Labute approximate surface area is 292 Å². The number of anilines is 1. The average Bonchev–Trinajstić information content (AvgIpc) is 3.37. The zero-order chi connectivity index (χ0) is 37.3. The van der Waals surface area contributed by atoms with Crippen molar-refractivity contribution in [3.8, 4) is 11.8 Å². The molecule has 2 atom stereocenters. The van der Waals surface area contributed by atoms with Crippen LogP contribution in [0.15, 0.2) is 30.4 Å². The van der Waals surface area contributed by atoms with E-state index in [-0.39, 0.29) is 69.3 Å². The highest BCUT2D eigenvalue weighted by atomic mass is 32.2. The number of unbranched alkanes of at least 4 members (excludes halogenated alkanes) is 2. The van der Waals surface area contributed by atoms with Crippen LogP contribution in [-0.4, -0.2) is 91.0 Å². The van der Waals surface area contributed by atoms with Crippen LogP contribution in [0, 0.1) is 17.8 Å². The van der Waals surface area contributed by atoms with Gasteiger partial charge in [0.25, 0.3) is 21.9 Å². The fourth-order valence-electron chi connectivity index (χ4n) is 4.54. The Morgan fingerprint density at radius 2 is 1.66 bits per heavy atom. The molecule has 0 saturated heterocycles. The van der Waals surface area contributed by atoms with Gasteiger partial charge >= 0.3 is 5.97 Å². The standard InChI is InChI=1S/C34H46N4O11S/c1-5-31(42)49-22-26-13-14-27(21-25(26)11-9-18-48-19-10-20-50(45,46)47)36-33(43)24(4)35-34(44)32(23(2)3)37-28(39)12-7-6-8-17-38-29(40)15-16-30(38)41/h13-16,21,23-24,32H,5-8,10,12,17-20,22H2,1-4H3,(H,35,44)(H,36,43)(H,37,39)(H,45,46,47)/t24-,32-/m0/s1. The van der Waals surface area contributed by atoms with Gasteiger partial charge < -0.3 is 25.4 Å². The molecule has 274 valence electrons. The molecule has 50 heavy (non-hydrogen) atoms. The van der Waals surface area contributed by atoms with Crippen molar-refractivity contribution in [2.24, 2.45) is 5.92 Å². The molecule has 4 N–H and O–H groups in total. The molecule has 1 aromatic carbocycles. The van der Waals surface area contributed by atoms with E-state index in [1.54, 1.807) is 39.0 Å². The Hall–Kier alpha value is -4.59. The number of nitrogens with one attached hydrogen (secondary N) is 3. The third kappa shape index (κ3) is 15.3. The molecule has 1 aliphatic rings. The van der Waals surface area contributed by atoms with Crippen LogP contribution in [0.3, 0.4) is 0 Å². The van der Waals surface area contributed by atoms with Crippen molar-refractivity contribution in [3.63, 3.8) is 0 Å². The Morgan fingerprint density at radius 3 is 2.30 bits per heavy atom. The largest absolute Gasteiger partial charge is 0.461 e. The van der Waals surface area contributed by atoms with E-state index in [9.17, 15) is 37.2 Å². The zero-order valence-electron chi connectivity index (χ0n) is 28.8. The lowest BCUT2D eigenvalue weighted by Crippen LogP contribution is -2.53. The van der Waals surface area contributed by atoms with Crippen molar-refractivity contribution in [2.75, 3.05) is 30.8 Å². The van der Waals surface area contributed by atoms with Gasteiger partial charge in [-0.25, -0.2) is 0 Å².